The lowest BCUT2D eigenvalue weighted by Gasteiger charge is -2.09. The highest BCUT2D eigenvalue weighted by atomic mass is 15.0. The Bertz CT molecular complexity index is 729. The summed E-state index contributed by atoms with van der Waals surface area (Å²) in [6, 6.07) is 8.71. The molecule has 2 aliphatic carbocycles. The second-order valence-electron chi connectivity index (χ2n) is 4.90. The Kier molecular flexibility index (Phi) is 1.83. The van der Waals surface area contributed by atoms with E-state index in [4.69, 9.17) is 0 Å². The average molecular weight is 231 g/mol. The van der Waals surface area contributed by atoms with Gasteiger partial charge in [0.05, 0.1) is 11.4 Å². The van der Waals surface area contributed by atoms with Crippen molar-refractivity contribution in [1.82, 2.24) is 4.57 Å². The SMILES string of the molecule is Cc1ccc(-n2c3c(c4c2C=CC4)C=C=C3)cc1. The summed E-state index contributed by atoms with van der Waals surface area (Å²) >= 11 is 0. The van der Waals surface area contributed by atoms with Crippen molar-refractivity contribution < 1.29 is 0 Å². The maximum Gasteiger partial charge on any atom is 0.0621 e. The van der Waals surface area contributed by atoms with E-state index >= 15 is 0 Å². The summed E-state index contributed by atoms with van der Waals surface area (Å²) in [5.74, 6) is 0. The Morgan fingerprint density at radius 3 is 2.72 bits per heavy atom. The number of aryl methyl sites for hydroxylation is 1. The molecule has 18 heavy (non-hydrogen) atoms. The first-order valence-corrected chi connectivity index (χ1v) is 6.28. The van der Waals surface area contributed by atoms with Crippen LogP contribution in [0.3, 0.4) is 0 Å². The summed E-state index contributed by atoms with van der Waals surface area (Å²) in [6.07, 6.45) is 9.70. The van der Waals surface area contributed by atoms with E-state index in [0.717, 1.165) is 6.42 Å². The van der Waals surface area contributed by atoms with Gasteiger partial charge >= 0.3 is 0 Å². The van der Waals surface area contributed by atoms with Gasteiger partial charge in [-0.1, -0.05) is 23.8 Å². The van der Waals surface area contributed by atoms with Crippen molar-refractivity contribution in [3.63, 3.8) is 0 Å². The topological polar surface area (TPSA) is 4.93 Å². The van der Waals surface area contributed by atoms with Crippen molar-refractivity contribution in [3.05, 3.63) is 64.2 Å². The molecular formula is C17H13N. The minimum atomic E-state index is 1.04. The summed E-state index contributed by atoms with van der Waals surface area (Å²) in [5, 5.41) is 0. The highest BCUT2D eigenvalue weighted by molar-refractivity contribution is 5.81. The lowest BCUT2D eigenvalue weighted by molar-refractivity contribution is 1.04. The molecule has 1 heterocycles. The molecule has 0 N–H and O–H groups in total. The van der Waals surface area contributed by atoms with Gasteiger partial charge in [0.25, 0.3) is 0 Å². The normalized spacial score (nSPS) is 14.3. The second-order valence-corrected chi connectivity index (χ2v) is 4.90. The fraction of sp³-hybridized carbons (Fsp3) is 0.118. The fourth-order valence-corrected chi connectivity index (χ4v) is 2.84. The lowest BCUT2D eigenvalue weighted by atomic mass is 10.1. The number of benzene rings is 1. The van der Waals surface area contributed by atoms with Crippen LogP contribution < -0.4 is 0 Å². The van der Waals surface area contributed by atoms with E-state index in [1.54, 1.807) is 0 Å². The molecule has 0 spiro atoms. The monoisotopic (exact) mass is 231 g/mol. The molecule has 0 bridgehead atoms. The molecule has 1 aromatic heterocycles. The van der Waals surface area contributed by atoms with E-state index in [1.165, 1.54) is 33.8 Å². The van der Waals surface area contributed by atoms with Crippen LogP contribution in [0.4, 0.5) is 0 Å². The molecule has 2 aliphatic rings. The lowest BCUT2D eigenvalue weighted by Crippen LogP contribution is -1.98. The molecule has 0 radical (unpaired) electrons. The second kappa shape index (κ2) is 3.38. The predicted octanol–water partition coefficient (Wildman–Crippen LogP) is 3.99. The third kappa shape index (κ3) is 1.17. The van der Waals surface area contributed by atoms with Crippen molar-refractivity contribution >= 4 is 18.2 Å². The zero-order valence-corrected chi connectivity index (χ0v) is 10.3. The van der Waals surface area contributed by atoms with Crippen LogP contribution in [-0.4, -0.2) is 4.57 Å². The highest BCUT2D eigenvalue weighted by Gasteiger charge is 2.22. The number of hydrogen-bond donors (Lipinski definition) is 0. The quantitative estimate of drug-likeness (QED) is 0.558. The standard InChI is InChI=1S/C17H13N/c1-12-8-10-13(11-9-12)18-16-6-2-4-14(16)15-5-3-7-17(15)18/h2,5-11H,4H2,1H3. The van der Waals surface area contributed by atoms with Gasteiger partial charge < -0.3 is 4.57 Å². The molecule has 1 aromatic carbocycles. The number of hydrogen-bond acceptors (Lipinski definition) is 0. The van der Waals surface area contributed by atoms with Crippen molar-refractivity contribution in [2.24, 2.45) is 0 Å². The predicted molar refractivity (Wildman–Crippen MR) is 75.7 cm³/mol. The van der Waals surface area contributed by atoms with Crippen LogP contribution in [-0.2, 0) is 6.42 Å². The van der Waals surface area contributed by atoms with Crippen LogP contribution in [0, 0.1) is 6.92 Å². The Balaban J connectivity index is 2.01. The molecule has 0 fully saturated rings. The van der Waals surface area contributed by atoms with E-state index in [0.29, 0.717) is 0 Å². The highest BCUT2D eigenvalue weighted by Crippen LogP contribution is 2.35. The Morgan fingerprint density at radius 2 is 1.89 bits per heavy atom. The molecule has 0 atom stereocenters. The van der Waals surface area contributed by atoms with Gasteiger partial charge in [-0.3, -0.25) is 0 Å². The summed E-state index contributed by atoms with van der Waals surface area (Å²) in [7, 11) is 0. The summed E-state index contributed by atoms with van der Waals surface area (Å²) in [4.78, 5) is 0. The summed E-state index contributed by atoms with van der Waals surface area (Å²) in [5.41, 5.74) is 11.1. The molecule has 1 nitrogen and oxygen atoms in total. The first-order chi connectivity index (χ1) is 8.84. The largest absolute Gasteiger partial charge is 0.309 e. The van der Waals surface area contributed by atoms with Crippen LogP contribution in [0.15, 0.2) is 36.1 Å². The fourth-order valence-electron chi connectivity index (χ4n) is 2.84. The van der Waals surface area contributed by atoms with Gasteiger partial charge in [-0.25, -0.2) is 0 Å². The zero-order valence-electron chi connectivity index (χ0n) is 10.3. The first-order valence-electron chi connectivity index (χ1n) is 6.28. The molecule has 2 aromatic rings. The van der Waals surface area contributed by atoms with Crippen LogP contribution in [0.5, 0.6) is 0 Å². The molecule has 0 saturated carbocycles. The van der Waals surface area contributed by atoms with Crippen LogP contribution in [0.2, 0.25) is 0 Å². The molecule has 4 rings (SSSR count). The zero-order chi connectivity index (χ0) is 12.1. The minimum absolute atomic E-state index is 1.04. The van der Waals surface area contributed by atoms with Gasteiger partial charge in [-0.15, -0.1) is 5.73 Å². The molecule has 0 unspecified atom stereocenters. The maximum absolute atomic E-state index is 3.22. The van der Waals surface area contributed by atoms with Crippen LogP contribution in [0.1, 0.15) is 28.1 Å². The van der Waals surface area contributed by atoms with Crippen molar-refractivity contribution in [2.45, 2.75) is 13.3 Å². The van der Waals surface area contributed by atoms with Crippen LogP contribution >= 0.6 is 0 Å². The number of rotatable bonds is 1. The van der Waals surface area contributed by atoms with E-state index in [1.807, 2.05) is 0 Å². The molecule has 1 heteroatoms. The maximum atomic E-state index is 3.22. The van der Waals surface area contributed by atoms with Crippen molar-refractivity contribution in [1.29, 1.82) is 0 Å². The average Bonchev–Trinajstić information content (AvgIpc) is 3.03. The van der Waals surface area contributed by atoms with E-state index < -0.39 is 0 Å². The third-order valence-corrected chi connectivity index (χ3v) is 3.73. The van der Waals surface area contributed by atoms with Crippen LogP contribution in [0.25, 0.3) is 23.9 Å². The van der Waals surface area contributed by atoms with Gasteiger partial charge in [-0.05, 0) is 43.2 Å². The first kappa shape index (κ1) is 9.76. The number of nitrogens with zero attached hydrogens (tertiary/aromatic N) is 1. The Morgan fingerprint density at radius 1 is 1.06 bits per heavy atom. The number of fused-ring (bicyclic) bond motifs is 3. The van der Waals surface area contributed by atoms with Gasteiger partial charge in [-0.2, -0.15) is 0 Å². The number of aromatic nitrogens is 1. The van der Waals surface area contributed by atoms with Gasteiger partial charge in [0, 0.05) is 17.3 Å². The van der Waals surface area contributed by atoms with E-state index in [9.17, 15) is 0 Å². The molecule has 0 aliphatic heterocycles. The Labute approximate surface area is 106 Å². The molecule has 86 valence electrons. The molecule has 0 saturated heterocycles. The van der Waals surface area contributed by atoms with Gasteiger partial charge in [0.2, 0.25) is 0 Å². The van der Waals surface area contributed by atoms with Gasteiger partial charge in [0.1, 0.15) is 0 Å². The van der Waals surface area contributed by atoms with Crippen molar-refractivity contribution in [2.75, 3.05) is 0 Å². The Hall–Kier alpha value is -2.24. The third-order valence-electron chi connectivity index (χ3n) is 3.73. The number of allylic oxidation sites excluding steroid dienone is 1. The summed E-state index contributed by atoms with van der Waals surface area (Å²) in [6.45, 7) is 2.12. The van der Waals surface area contributed by atoms with E-state index in [-0.39, 0.29) is 0 Å². The smallest absolute Gasteiger partial charge is 0.0621 e. The van der Waals surface area contributed by atoms with Crippen molar-refractivity contribution in [3.8, 4) is 5.69 Å². The van der Waals surface area contributed by atoms with E-state index in [2.05, 4.69) is 65.8 Å². The minimum Gasteiger partial charge on any atom is -0.309 e. The molecular weight excluding hydrogens is 218 g/mol. The van der Waals surface area contributed by atoms with Gasteiger partial charge in [0.15, 0.2) is 0 Å². The molecule has 0 amide bonds. The summed E-state index contributed by atoms with van der Waals surface area (Å²) < 4.78 is 2.34.